The molecule has 0 saturated heterocycles. The van der Waals surface area contributed by atoms with E-state index in [1.54, 1.807) is 11.8 Å². The Morgan fingerprint density at radius 3 is 2.79 bits per heavy atom. The zero-order valence-electron chi connectivity index (χ0n) is 8.17. The van der Waals surface area contributed by atoms with Crippen LogP contribution in [0.4, 0.5) is 11.6 Å². The van der Waals surface area contributed by atoms with Crippen molar-refractivity contribution in [3.8, 4) is 0 Å². The molecule has 0 fully saturated rings. The van der Waals surface area contributed by atoms with Gasteiger partial charge < -0.3 is 10.6 Å². The van der Waals surface area contributed by atoms with E-state index < -0.39 is 0 Å². The van der Waals surface area contributed by atoms with Gasteiger partial charge in [-0.3, -0.25) is 0 Å². The van der Waals surface area contributed by atoms with Crippen LogP contribution in [0.15, 0.2) is 10.8 Å². The topological polar surface area (TPSA) is 49.8 Å². The van der Waals surface area contributed by atoms with Crippen molar-refractivity contribution in [3.63, 3.8) is 0 Å². The van der Waals surface area contributed by atoms with Crippen LogP contribution in [0, 0.1) is 0 Å². The number of rotatable bonds is 5. The lowest BCUT2D eigenvalue weighted by atomic mass is 10.5. The Morgan fingerprint density at radius 1 is 1.43 bits per heavy atom. The number of thioether (sulfide) groups is 1. The Hall–Kier alpha value is -0.490. The number of hydrogen-bond acceptors (Lipinski definition) is 5. The van der Waals surface area contributed by atoms with Gasteiger partial charge >= 0.3 is 0 Å². The first kappa shape index (κ1) is 11.6. The standard InChI is InChI=1S/C8H13BrN4S/c1-10-7-6(9)8(13-5-12-7)11-3-4-14-2/h5H,3-4H2,1-2H3,(H2,10,11,12,13). The average molecular weight is 277 g/mol. The second-order valence-electron chi connectivity index (χ2n) is 2.55. The molecule has 0 aliphatic heterocycles. The van der Waals surface area contributed by atoms with Crippen LogP contribution in [0.2, 0.25) is 0 Å². The van der Waals surface area contributed by atoms with Crippen LogP contribution in [0.1, 0.15) is 0 Å². The second kappa shape index (κ2) is 6.08. The summed E-state index contributed by atoms with van der Waals surface area (Å²) >= 11 is 5.24. The first-order valence-electron chi connectivity index (χ1n) is 4.20. The quantitative estimate of drug-likeness (QED) is 0.807. The van der Waals surface area contributed by atoms with E-state index in [9.17, 15) is 0 Å². The predicted molar refractivity (Wildman–Crippen MR) is 66.2 cm³/mol. The molecular weight excluding hydrogens is 264 g/mol. The van der Waals surface area contributed by atoms with Crippen molar-refractivity contribution in [1.82, 2.24) is 9.97 Å². The number of aromatic nitrogens is 2. The molecular formula is C8H13BrN4S. The zero-order chi connectivity index (χ0) is 10.4. The fourth-order valence-electron chi connectivity index (χ4n) is 0.939. The van der Waals surface area contributed by atoms with Crippen LogP contribution in [-0.2, 0) is 0 Å². The van der Waals surface area contributed by atoms with Gasteiger partial charge in [0.05, 0.1) is 0 Å². The Morgan fingerprint density at radius 2 is 2.14 bits per heavy atom. The number of nitrogens with zero attached hydrogens (tertiary/aromatic N) is 2. The van der Waals surface area contributed by atoms with Gasteiger partial charge in [0, 0.05) is 19.3 Å². The van der Waals surface area contributed by atoms with Crippen LogP contribution in [0.3, 0.4) is 0 Å². The lowest BCUT2D eigenvalue weighted by Crippen LogP contribution is -2.07. The predicted octanol–water partition coefficient (Wildman–Crippen LogP) is 2.06. The van der Waals surface area contributed by atoms with Gasteiger partial charge in [-0.05, 0) is 22.2 Å². The molecule has 0 aromatic carbocycles. The molecule has 78 valence electrons. The van der Waals surface area contributed by atoms with E-state index in [0.29, 0.717) is 0 Å². The first-order chi connectivity index (χ1) is 6.79. The second-order valence-corrected chi connectivity index (χ2v) is 4.33. The largest absolute Gasteiger partial charge is 0.372 e. The van der Waals surface area contributed by atoms with Gasteiger partial charge in [-0.25, -0.2) is 9.97 Å². The zero-order valence-corrected chi connectivity index (χ0v) is 10.6. The third kappa shape index (κ3) is 3.02. The number of hydrogen-bond donors (Lipinski definition) is 2. The molecule has 14 heavy (non-hydrogen) atoms. The van der Waals surface area contributed by atoms with E-state index in [-0.39, 0.29) is 0 Å². The van der Waals surface area contributed by atoms with Gasteiger partial charge in [0.25, 0.3) is 0 Å². The fourth-order valence-corrected chi connectivity index (χ4v) is 1.79. The summed E-state index contributed by atoms with van der Waals surface area (Å²) in [5, 5.41) is 6.21. The fraction of sp³-hybridized carbons (Fsp3) is 0.500. The van der Waals surface area contributed by atoms with Gasteiger partial charge in [0.1, 0.15) is 22.4 Å². The van der Waals surface area contributed by atoms with E-state index >= 15 is 0 Å². The molecule has 1 rings (SSSR count). The maximum Gasteiger partial charge on any atom is 0.145 e. The molecule has 0 aliphatic rings. The normalized spacial score (nSPS) is 9.93. The summed E-state index contributed by atoms with van der Waals surface area (Å²) in [4.78, 5) is 8.21. The summed E-state index contributed by atoms with van der Waals surface area (Å²) in [7, 11) is 1.83. The van der Waals surface area contributed by atoms with Crippen molar-refractivity contribution < 1.29 is 0 Å². The van der Waals surface area contributed by atoms with E-state index in [1.807, 2.05) is 7.05 Å². The lowest BCUT2D eigenvalue weighted by Gasteiger charge is -2.08. The summed E-state index contributed by atoms with van der Waals surface area (Å²) in [6, 6.07) is 0. The van der Waals surface area contributed by atoms with Gasteiger partial charge in [0.2, 0.25) is 0 Å². The van der Waals surface area contributed by atoms with Crippen molar-refractivity contribution >= 4 is 39.3 Å². The summed E-state index contributed by atoms with van der Waals surface area (Å²) in [5.74, 6) is 2.69. The number of halogens is 1. The summed E-state index contributed by atoms with van der Waals surface area (Å²) in [5.41, 5.74) is 0. The Balaban J connectivity index is 2.66. The molecule has 0 saturated carbocycles. The molecule has 0 unspecified atom stereocenters. The first-order valence-corrected chi connectivity index (χ1v) is 6.39. The van der Waals surface area contributed by atoms with Crippen LogP contribution in [0.5, 0.6) is 0 Å². The molecule has 1 aromatic rings. The Bertz CT molecular complexity index is 295. The molecule has 1 heterocycles. The van der Waals surface area contributed by atoms with Crippen LogP contribution < -0.4 is 10.6 Å². The molecule has 4 nitrogen and oxygen atoms in total. The monoisotopic (exact) mass is 276 g/mol. The van der Waals surface area contributed by atoms with E-state index in [1.165, 1.54) is 6.33 Å². The highest BCUT2D eigenvalue weighted by molar-refractivity contribution is 9.10. The minimum atomic E-state index is 0.798. The third-order valence-corrected chi connectivity index (χ3v) is 2.99. The van der Waals surface area contributed by atoms with Crippen molar-refractivity contribution in [3.05, 3.63) is 10.8 Å². The van der Waals surface area contributed by atoms with Gasteiger partial charge in [-0.1, -0.05) is 0 Å². The van der Waals surface area contributed by atoms with Gasteiger partial charge in [-0.15, -0.1) is 0 Å². The highest BCUT2D eigenvalue weighted by Gasteiger charge is 2.05. The van der Waals surface area contributed by atoms with E-state index in [2.05, 4.69) is 42.8 Å². The highest BCUT2D eigenvalue weighted by Crippen LogP contribution is 2.25. The Labute approximate surface area is 96.4 Å². The number of anilines is 2. The maximum atomic E-state index is 4.14. The average Bonchev–Trinajstić information content (AvgIpc) is 2.21. The van der Waals surface area contributed by atoms with Crippen LogP contribution >= 0.6 is 27.7 Å². The lowest BCUT2D eigenvalue weighted by molar-refractivity contribution is 1.10. The molecule has 0 radical (unpaired) electrons. The molecule has 0 bridgehead atoms. The summed E-state index contributed by atoms with van der Waals surface area (Å²) in [6.07, 6.45) is 3.62. The molecule has 0 spiro atoms. The van der Waals surface area contributed by atoms with Crippen molar-refractivity contribution in [2.45, 2.75) is 0 Å². The molecule has 1 aromatic heterocycles. The summed E-state index contributed by atoms with van der Waals surface area (Å²) < 4.78 is 0.878. The minimum Gasteiger partial charge on any atom is -0.372 e. The number of nitrogens with one attached hydrogen (secondary N) is 2. The maximum absolute atomic E-state index is 4.14. The third-order valence-electron chi connectivity index (χ3n) is 1.62. The minimum absolute atomic E-state index is 0.798. The highest BCUT2D eigenvalue weighted by atomic mass is 79.9. The molecule has 0 atom stereocenters. The van der Waals surface area contributed by atoms with Crippen molar-refractivity contribution in [2.24, 2.45) is 0 Å². The van der Waals surface area contributed by atoms with Crippen LogP contribution in [-0.4, -0.2) is 35.6 Å². The van der Waals surface area contributed by atoms with E-state index in [0.717, 1.165) is 28.4 Å². The van der Waals surface area contributed by atoms with Crippen molar-refractivity contribution in [1.29, 1.82) is 0 Å². The Kier molecular flexibility index (Phi) is 5.03. The summed E-state index contributed by atoms with van der Waals surface area (Å²) in [6.45, 7) is 0.903. The van der Waals surface area contributed by atoms with Gasteiger partial charge in [0.15, 0.2) is 0 Å². The van der Waals surface area contributed by atoms with Crippen LogP contribution in [0.25, 0.3) is 0 Å². The van der Waals surface area contributed by atoms with E-state index in [4.69, 9.17) is 0 Å². The SMILES string of the molecule is CNc1ncnc(NCCSC)c1Br. The molecule has 2 N–H and O–H groups in total. The molecule has 0 amide bonds. The molecule has 6 heteroatoms. The van der Waals surface area contributed by atoms with Crippen molar-refractivity contribution in [2.75, 3.05) is 36.2 Å². The smallest absolute Gasteiger partial charge is 0.145 e. The van der Waals surface area contributed by atoms with Gasteiger partial charge in [-0.2, -0.15) is 11.8 Å². The molecule has 0 aliphatic carbocycles.